The maximum absolute atomic E-state index is 5.87. The molecule has 0 bridgehead atoms. The third-order valence-corrected chi connectivity index (χ3v) is 4.97. The molecular weight excluding hydrogens is 342 g/mol. The van der Waals surface area contributed by atoms with E-state index < -0.39 is 0 Å². The molecule has 1 fully saturated rings. The van der Waals surface area contributed by atoms with E-state index in [9.17, 15) is 0 Å². The maximum Gasteiger partial charge on any atom is 0.231 e. The summed E-state index contributed by atoms with van der Waals surface area (Å²) in [5, 5.41) is 0. The zero-order valence-corrected chi connectivity index (χ0v) is 15.9. The number of rotatable bonds is 8. The molecule has 3 heterocycles. The molecule has 2 aliphatic rings. The number of aromatic nitrogens is 2. The van der Waals surface area contributed by atoms with Crippen LogP contribution in [0.2, 0.25) is 0 Å². The van der Waals surface area contributed by atoms with Crippen molar-refractivity contribution in [3.63, 3.8) is 0 Å². The van der Waals surface area contributed by atoms with E-state index in [1.165, 1.54) is 5.56 Å². The molecular formula is C21H27N3O3. The van der Waals surface area contributed by atoms with Gasteiger partial charge in [0.15, 0.2) is 11.5 Å². The quantitative estimate of drug-likeness (QED) is 0.711. The van der Waals surface area contributed by atoms with Crippen molar-refractivity contribution in [2.75, 3.05) is 19.9 Å². The Morgan fingerprint density at radius 3 is 2.67 bits per heavy atom. The van der Waals surface area contributed by atoms with Gasteiger partial charge >= 0.3 is 0 Å². The molecule has 0 spiro atoms. The summed E-state index contributed by atoms with van der Waals surface area (Å²) in [6, 6.07) is 6.17. The molecule has 1 saturated heterocycles. The molecule has 0 radical (unpaired) electrons. The largest absolute Gasteiger partial charge is 0.454 e. The van der Waals surface area contributed by atoms with E-state index in [1.807, 2.05) is 18.5 Å². The smallest absolute Gasteiger partial charge is 0.231 e. The summed E-state index contributed by atoms with van der Waals surface area (Å²) >= 11 is 0. The number of hydrogen-bond donors (Lipinski definition) is 0. The lowest BCUT2D eigenvalue weighted by molar-refractivity contribution is 0.0678. The van der Waals surface area contributed by atoms with Gasteiger partial charge in [-0.1, -0.05) is 13.0 Å². The monoisotopic (exact) mass is 369 g/mol. The van der Waals surface area contributed by atoms with Gasteiger partial charge in [0.1, 0.15) is 5.82 Å². The highest BCUT2D eigenvalue weighted by atomic mass is 16.7. The predicted octanol–water partition coefficient (Wildman–Crippen LogP) is 3.34. The first-order valence-electron chi connectivity index (χ1n) is 9.82. The van der Waals surface area contributed by atoms with Crippen molar-refractivity contribution in [3.05, 3.63) is 47.5 Å². The number of aryl methyl sites for hydroxylation is 1. The Hall–Kier alpha value is -2.18. The van der Waals surface area contributed by atoms with E-state index in [1.54, 1.807) is 0 Å². The van der Waals surface area contributed by atoms with Gasteiger partial charge in [0.25, 0.3) is 0 Å². The first-order valence-corrected chi connectivity index (χ1v) is 9.82. The highest BCUT2D eigenvalue weighted by Gasteiger charge is 2.21. The van der Waals surface area contributed by atoms with Gasteiger partial charge in [-0.15, -0.1) is 0 Å². The number of fused-ring (bicyclic) bond motifs is 1. The number of ether oxygens (including phenoxy) is 3. The fourth-order valence-corrected chi connectivity index (χ4v) is 3.63. The van der Waals surface area contributed by atoms with E-state index in [2.05, 4.69) is 33.9 Å². The summed E-state index contributed by atoms with van der Waals surface area (Å²) in [4.78, 5) is 11.4. The standard InChI is InChI=1S/C21H27N3O3/c1-2-4-21-22-10-17(11-23-21)13-24(14-18-5-3-8-25-18)12-16-6-7-19-20(9-16)27-15-26-19/h6-7,9-11,18H,2-5,8,12-15H2,1H3/t18-/m0/s1. The van der Waals surface area contributed by atoms with Crippen LogP contribution in [0.5, 0.6) is 11.5 Å². The van der Waals surface area contributed by atoms with Gasteiger partial charge in [0.2, 0.25) is 6.79 Å². The zero-order chi connectivity index (χ0) is 18.5. The highest BCUT2D eigenvalue weighted by molar-refractivity contribution is 5.44. The fraction of sp³-hybridized carbons (Fsp3) is 0.524. The van der Waals surface area contributed by atoms with Gasteiger partial charge in [0.05, 0.1) is 6.10 Å². The summed E-state index contributed by atoms with van der Waals surface area (Å²) in [6.07, 6.45) is 8.49. The van der Waals surface area contributed by atoms with Crippen molar-refractivity contribution >= 4 is 0 Å². The minimum Gasteiger partial charge on any atom is -0.454 e. The van der Waals surface area contributed by atoms with Crippen LogP contribution in [0.4, 0.5) is 0 Å². The molecule has 27 heavy (non-hydrogen) atoms. The number of benzene rings is 1. The van der Waals surface area contributed by atoms with Crippen LogP contribution in [0.25, 0.3) is 0 Å². The van der Waals surface area contributed by atoms with Crippen molar-refractivity contribution in [1.82, 2.24) is 14.9 Å². The molecule has 4 rings (SSSR count). The van der Waals surface area contributed by atoms with E-state index in [0.29, 0.717) is 12.9 Å². The Bertz CT molecular complexity index is 745. The molecule has 144 valence electrons. The fourth-order valence-electron chi connectivity index (χ4n) is 3.63. The first kappa shape index (κ1) is 18.2. The lowest BCUT2D eigenvalue weighted by Crippen LogP contribution is -2.31. The minimum absolute atomic E-state index is 0.305. The Morgan fingerprint density at radius 2 is 1.89 bits per heavy atom. The summed E-state index contributed by atoms with van der Waals surface area (Å²) in [7, 11) is 0. The minimum atomic E-state index is 0.305. The van der Waals surface area contributed by atoms with Gasteiger partial charge in [-0.05, 0) is 37.0 Å². The van der Waals surface area contributed by atoms with Crippen LogP contribution < -0.4 is 9.47 Å². The Morgan fingerprint density at radius 1 is 1.07 bits per heavy atom. The second-order valence-electron chi connectivity index (χ2n) is 7.25. The van der Waals surface area contributed by atoms with Crippen LogP contribution in [0.3, 0.4) is 0 Å². The first-order chi connectivity index (χ1) is 13.3. The van der Waals surface area contributed by atoms with Gasteiger partial charge in [-0.3, -0.25) is 4.90 Å². The van der Waals surface area contributed by atoms with Crippen molar-refractivity contribution in [2.24, 2.45) is 0 Å². The molecule has 0 N–H and O–H groups in total. The number of nitrogens with zero attached hydrogens (tertiary/aromatic N) is 3. The predicted molar refractivity (Wildman–Crippen MR) is 102 cm³/mol. The molecule has 6 heteroatoms. The molecule has 0 saturated carbocycles. The molecule has 0 amide bonds. The SMILES string of the molecule is CCCc1ncc(CN(Cc2ccc3c(c2)OCO3)C[C@@H]2CCCO2)cn1. The molecule has 2 aliphatic heterocycles. The van der Waals surface area contributed by atoms with Crippen LogP contribution in [0, 0.1) is 0 Å². The molecule has 6 nitrogen and oxygen atoms in total. The molecule has 0 unspecified atom stereocenters. The highest BCUT2D eigenvalue weighted by Crippen LogP contribution is 2.33. The van der Waals surface area contributed by atoms with Crippen molar-refractivity contribution < 1.29 is 14.2 Å². The summed E-state index contributed by atoms with van der Waals surface area (Å²) in [6.45, 7) is 5.86. The molecule has 0 aliphatic carbocycles. The maximum atomic E-state index is 5.87. The molecule has 2 aromatic rings. The van der Waals surface area contributed by atoms with Crippen molar-refractivity contribution in [1.29, 1.82) is 0 Å². The molecule has 1 atom stereocenters. The van der Waals surface area contributed by atoms with Gasteiger partial charge in [0, 0.05) is 50.6 Å². The number of hydrogen-bond acceptors (Lipinski definition) is 6. The summed E-state index contributed by atoms with van der Waals surface area (Å²) in [5.74, 6) is 2.57. The van der Waals surface area contributed by atoms with Gasteiger partial charge in [-0.25, -0.2) is 9.97 Å². The van der Waals surface area contributed by atoms with Crippen molar-refractivity contribution in [3.8, 4) is 11.5 Å². The second-order valence-corrected chi connectivity index (χ2v) is 7.25. The molecule has 1 aromatic carbocycles. The van der Waals surface area contributed by atoms with Crippen LogP contribution in [0.1, 0.15) is 43.1 Å². The van der Waals surface area contributed by atoms with Gasteiger partial charge in [-0.2, -0.15) is 0 Å². The third kappa shape index (κ3) is 4.76. The van der Waals surface area contributed by atoms with Crippen LogP contribution in [-0.2, 0) is 24.2 Å². The normalized spacial score (nSPS) is 18.4. The zero-order valence-electron chi connectivity index (χ0n) is 15.9. The topological polar surface area (TPSA) is 56.7 Å². The van der Waals surface area contributed by atoms with Crippen LogP contribution in [0.15, 0.2) is 30.6 Å². The summed E-state index contributed by atoms with van der Waals surface area (Å²) in [5.41, 5.74) is 2.34. The van der Waals surface area contributed by atoms with E-state index in [4.69, 9.17) is 14.2 Å². The Kier molecular flexibility index (Phi) is 5.84. The third-order valence-electron chi connectivity index (χ3n) is 4.97. The second kappa shape index (κ2) is 8.67. The Balaban J connectivity index is 1.46. The van der Waals surface area contributed by atoms with E-state index in [-0.39, 0.29) is 0 Å². The lowest BCUT2D eigenvalue weighted by Gasteiger charge is -2.25. The van der Waals surface area contributed by atoms with E-state index >= 15 is 0 Å². The molecule has 1 aromatic heterocycles. The average molecular weight is 369 g/mol. The summed E-state index contributed by atoms with van der Waals surface area (Å²) < 4.78 is 16.8. The van der Waals surface area contributed by atoms with Crippen LogP contribution in [-0.4, -0.2) is 40.9 Å². The van der Waals surface area contributed by atoms with Crippen molar-refractivity contribution in [2.45, 2.75) is 51.8 Å². The van der Waals surface area contributed by atoms with E-state index in [0.717, 1.165) is 74.8 Å². The van der Waals surface area contributed by atoms with Crippen LogP contribution >= 0.6 is 0 Å². The Labute approximate surface area is 160 Å². The lowest BCUT2D eigenvalue weighted by atomic mass is 10.1. The van der Waals surface area contributed by atoms with Gasteiger partial charge < -0.3 is 14.2 Å². The average Bonchev–Trinajstić information content (AvgIpc) is 3.35.